The maximum absolute atomic E-state index is 12.1. The van der Waals surface area contributed by atoms with Crippen LogP contribution < -0.4 is 20.9 Å². The van der Waals surface area contributed by atoms with Crippen molar-refractivity contribution in [2.24, 2.45) is 0 Å². The van der Waals surface area contributed by atoms with Gasteiger partial charge < -0.3 is 10.1 Å². The first kappa shape index (κ1) is 23.3. The number of benzene rings is 2. The summed E-state index contributed by atoms with van der Waals surface area (Å²) in [7, 11) is 0. The van der Waals surface area contributed by atoms with E-state index in [9.17, 15) is 14.9 Å². The van der Waals surface area contributed by atoms with Crippen LogP contribution in [0, 0.1) is 10.1 Å². The summed E-state index contributed by atoms with van der Waals surface area (Å²) >= 11 is 17.6. The van der Waals surface area contributed by atoms with Crippen LogP contribution in [0.3, 0.4) is 0 Å². The van der Waals surface area contributed by atoms with E-state index in [2.05, 4.69) is 26.1 Å². The van der Waals surface area contributed by atoms with E-state index in [-0.39, 0.29) is 29.0 Å². The number of hydrazine groups is 1. The van der Waals surface area contributed by atoms with Crippen molar-refractivity contribution in [3.8, 4) is 5.75 Å². The van der Waals surface area contributed by atoms with E-state index in [1.54, 1.807) is 30.3 Å². The van der Waals surface area contributed by atoms with Crippen LogP contribution in [-0.4, -0.2) is 27.4 Å². The molecule has 0 bridgehead atoms. The maximum Gasteiger partial charge on any atom is 0.354 e. The molecule has 0 aliphatic heterocycles. The molecule has 13 heteroatoms. The van der Waals surface area contributed by atoms with Crippen molar-refractivity contribution in [2.75, 3.05) is 17.3 Å². The fourth-order valence-corrected chi connectivity index (χ4v) is 3.05. The lowest BCUT2D eigenvalue weighted by Crippen LogP contribution is -2.34. The molecule has 166 valence electrons. The third kappa shape index (κ3) is 6.33. The van der Waals surface area contributed by atoms with Crippen molar-refractivity contribution in [2.45, 2.75) is 6.54 Å². The molecule has 0 saturated carbocycles. The summed E-state index contributed by atoms with van der Waals surface area (Å²) in [5.74, 6) is -0.602. The van der Waals surface area contributed by atoms with E-state index in [4.69, 9.17) is 39.5 Å². The highest BCUT2D eigenvalue weighted by molar-refractivity contribution is 6.35. The van der Waals surface area contributed by atoms with Crippen LogP contribution in [0.15, 0.2) is 48.8 Å². The topological polar surface area (TPSA) is 131 Å². The molecule has 3 N–H and O–H groups in total. The van der Waals surface area contributed by atoms with E-state index in [0.29, 0.717) is 10.0 Å². The summed E-state index contributed by atoms with van der Waals surface area (Å²) in [6, 6.07) is 11.5. The number of amides is 1. The van der Waals surface area contributed by atoms with Gasteiger partial charge in [-0.1, -0.05) is 46.9 Å². The molecule has 0 aliphatic rings. The van der Waals surface area contributed by atoms with Gasteiger partial charge in [0.05, 0.1) is 9.95 Å². The monoisotopic (exact) mass is 496 g/mol. The SMILES string of the molecule is O=C(COc1ccc(Cl)cc1Cl)NNc1ncnc(NCc2ccc(Cl)cc2)c1[N+](=O)[O-]. The number of rotatable bonds is 9. The first-order chi connectivity index (χ1) is 15.3. The summed E-state index contributed by atoms with van der Waals surface area (Å²) in [5, 5.41) is 15.7. The highest BCUT2D eigenvalue weighted by atomic mass is 35.5. The Morgan fingerprint density at radius 1 is 1.03 bits per heavy atom. The smallest absolute Gasteiger partial charge is 0.354 e. The molecular weight excluding hydrogens is 483 g/mol. The van der Waals surface area contributed by atoms with Crippen LogP contribution >= 0.6 is 34.8 Å². The Balaban J connectivity index is 1.62. The van der Waals surface area contributed by atoms with E-state index < -0.39 is 23.1 Å². The van der Waals surface area contributed by atoms with Crippen molar-refractivity contribution in [3.63, 3.8) is 0 Å². The Bertz CT molecular complexity index is 1130. The average Bonchev–Trinajstić information content (AvgIpc) is 2.76. The van der Waals surface area contributed by atoms with Crippen LogP contribution in [0.1, 0.15) is 5.56 Å². The van der Waals surface area contributed by atoms with Gasteiger partial charge in [-0.15, -0.1) is 0 Å². The summed E-state index contributed by atoms with van der Waals surface area (Å²) in [6.45, 7) is -0.147. The average molecular weight is 498 g/mol. The molecule has 10 nitrogen and oxygen atoms in total. The molecule has 0 aliphatic carbocycles. The number of hydrogen-bond acceptors (Lipinski definition) is 8. The minimum atomic E-state index is -0.664. The third-order valence-electron chi connectivity index (χ3n) is 3.95. The minimum Gasteiger partial charge on any atom is -0.482 e. The largest absolute Gasteiger partial charge is 0.482 e. The molecule has 0 fully saturated rings. The van der Waals surface area contributed by atoms with Gasteiger partial charge in [0.25, 0.3) is 5.91 Å². The molecule has 1 aromatic heterocycles. The molecule has 3 rings (SSSR count). The second kappa shape index (κ2) is 10.8. The van der Waals surface area contributed by atoms with Crippen molar-refractivity contribution >= 4 is 58.0 Å². The lowest BCUT2D eigenvalue weighted by molar-refractivity contribution is -0.383. The number of hydrogen-bond donors (Lipinski definition) is 3. The predicted octanol–water partition coefficient (Wildman–Crippen LogP) is 4.48. The number of carbonyl (C=O) groups is 1. The lowest BCUT2D eigenvalue weighted by Gasteiger charge is -2.12. The van der Waals surface area contributed by atoms with Gasteiger partial charge in [0.1, 0.15) is 12.1 Å². The predicted molar refractivity (Wildman–Crippen MR) is 121 cm³/mol. The number of nitro groups is 1. The Morgan fingerprint density at radius 3 is 2.41 bits per heavy atom. The fraction of sp³-hybridized carbons (Fsp3) is 0.105. The second-order valence-electron chi connectivity index (χ2n) is 6.19. The molecule has 32 heavy (non-hydrogen) atoms. The molecule has 0 unspecified atom stereocenters. The Hall–Kier alpha value is -3.34. The van der Waals surface area contributed by atoms with Crippen LogP contribution in [0.25, 0.3) is 0 Å². The molecule has 0 atom stereocenters. The Kier molecular flexibility index (Phi) is 7.87. The molecule has 0 saturated heterocycles. The van der Waals surface area contributed by atoms with Gasteiger partial charge in [-0.3, -0.25) is 25.8 Å². The summed E-state index contributed by atoms with van der Waals surface area (Å²) in [6.07, 6.45) is 1.12. The molecule has 2 aromatic carbocycles. The Labute approximate surface area is 197 Å². The zero-order chi connectivity index (χ0) is 23.1. The van der Waals surface area contributed by atoms with Gasteiger partial charge in [-0.05, 0) is 35.9 Å². The van der Waals surface area contributed by atoms with Crippen molar-refractivity contribution in [1.29, 1.82) is 0 Å². The number of carbonyl (C=O) groups excluding carboxylic acids is 1. The number of anilines is 2. The summed E-state index contributed by atoms with van der Waals surface area (Å²) < 4.78 is 5.31. The van der Waals surface area contributed by atoms with Gasteiger partial charge in [-0.2, -0.15) is 0 Å². The zero-order valence-electron chi connectivity index (χ0n) is 16.1. The van der Waals surface area contributed by atoms with Crippen LogP contribution in [0.4, 0.5) is 17.3 Å². The number of ether oxygens (including phenoxy) is 1. The second-order valence-corrected chi connectivity index (χ2v) is 7.47. The lowest BCUT2D eigenvalue weighted by atomic mass is 10.2. The van der Waals surface area contributed by atoms with E-state index in [0.717, 1.165) is 11.9 Å². The standard InChI is InChI=1S/C19H15Cl3N6O4/c20-12-3-1-11(2-4-12)8-23-18-17(28(30)31)19(25-10-24-18)27-26-16(29)9-32-15-6-5-13(21)7-14(15)22/h1-7,10H,8-9H2,(H,26,29)(H2,23,24,25,27). The minimum absolute atomic E-state index is 0.0269. The molecule has 0 spiro atoms. The molecule has 0 radical (unpaired) electrons. The summed E-state index contributed by atoms with van der Waals surface area (Å²) in [4.78, 5) is 30.7. The van der Waals surface area contributed by atoms with Gasteiger partial charge in [0.2, 0.25) is 11.6 Å². The number of nitrogens with zero attached hydrogens (tertiary/aromatic N) is 3. The molecule has 1 heterocycles. The van der Waals surface area contributed by atoms with Gasteiger partial charge in [0.15, 0.2) is 6.61 Å². The van der Waals surface area contributed by atoms with Crippen molar-refractivity contribution in [1.82, 2.24) is 15.4 Å². The highest BCUT2D eigenvalue weighted by Gasteiger charge is 2.23. The first-order valence-corrected chi connectivity index (χ1v) is 10.1. The van der Waals surface area contributed by atoms with Gasteiger partial charge in [-0.25, -0.2) is 9.97 Å². The van der Waals surface area contributed by atoms with E-state index in [1.807, 2.05) is 0 Å². The first-order valence-electron chi connectivity index (χ1n) is 8.94. The quantitative estimate of drug-likeness (QED) is 0.291. The van der Waals surface area contributed by atoms with Crippen LogP contribution in [0.5, 0.6) is 5.75 Å². The van der Waals surface area contributed by atoms with Gasteiger partial charge in [0, 0.05) is 16.6 Å². The van der Waals surface area contributed by atoms with Crippen LogP contribution in [-0.2, 0) is 11.3 Å². The van der Waals surface area contributed by atoms with Crippen LogP contribution in [0.2, 0.25) is 15.1 Å². The number of aromatic nitrogens is 2. The maximum atomic E-state index is 12.1. The number of halogens is 3. The fourth-order valence-electron chi connectivity index (χ4n) is 2.46. The number of nitrogens with one attached hydrogen (secondary N) is 3. The highest BCUT2D eigenvalue weighted by Crippen LogP contribution is 2.29. The molecule has 1 amide bonds. The van der Waals surface area contributed by atoms with Gasteiger partial charge >= 0.3 is 5.69 Å². The van der Waals surface area contributed by atoms with E-state index >= 15 is 0 Å². The molecule has 3 aromatic rings. The third-order valence-corrected chi connectivity index (χ3v) is 4.73. The van der Waals surface area contributed by atoms with E-state index in [1.165, 1.54) is 12.1 Å². The zero-order valence-corrected chi connectivity index (χ0v) is 18.4. The normalized spacial score (nSPS) is 10.3. The van der Waals surface area contributed by atoms with Crippen molar-refractivity contribution < 1.29 is 14.5 Å². The summed E-state index contributed by atoms with van der Waals surface area (Å²) in [5.41, 5.74) is 5.09. The van der Waals surface area contributed by atoms with Crippen molar-refractivity contribution in [3.05, 3.63) is 79.5 Å². The molecular formula is C19H15Cl3N6O4. The Morgan fingerprint density at radius 2 is 1.72 bits per heavy atom.